The Morgan fingerprint density at radius 3 is 2.90 bits per heavy atom. The first-order valence-corrected chi connectivity index (χ1v) is 9.99. The lowest BCUT2D eigenvalue weighted by Crippen LogP contribution is -2.24. The summed E-state index contributed by atoms with van der Waals surface area (Å²) < 4.78 is 1.61. The Morgan fingerprint density at radius 2 is 1.97 bits per heavy atom. The van der Waals surface area contributed by atoms with Crippen molar-refractivity contribution < 1.29 is 4.79 Å². The summed E-state index contributed by atoms with van der Waals surface area (Å²) in [7, 11) is 0. The number of amides is 1. The van der Waals surface area contributed by atoms with Crippen molar-refractivity contribution in [1.29, 1.82) is 0 Å². The first-order chi connectivity index (χ1) is 14.2. The lowest BCUT2D eigenvalue weighted by Gasteiger charge is -2.11. The maximum atomic E-state index is 12.7. The molecule has 5 aromatic rings. The Bertz CT molecular complexity index is 1320. The van der Waals surface area contributed by atoms with Crippen LogP contribution in [0.2, 0.25) is 0 Å². The zero-order valence-electron chi connectivity index (χ0n) is 15.5. The Morgan fingerprint density at radius 1 is 1.14 bits per heavy atom. The van der Waals surface area contributed by atoms with Crippen LogP contribution in [0.1, 0.15) is 23.5 Å². The SMILES string of the molecule is CC(C(=O)Nc1nnc(Cc2c[nH]c3ccccc23)s1)n1nnc2ccccc21. The van der Waals surface area contributed by atoms with Crippen molar-refractivity contribution in [3.63, 3.8) is 0 Å². The molecule has 3 aromatic heterocycles. The van der Waals surface area contributed by atoms with Crippen molar-refractivity contribution in [2.75, 3.05) is 5.32 Å². The average Bonchev–Trinajstić information content (AvgIpc) is 3.47. The van der Waals surface area contributed by atoms with Gasteiger partial charge in [-0.2, -0.15) is 0 Å². The number of aromatic amines is 1. The van der Waals surface area contributed by atoms with E-state index >= 15 is 0 Å². The molecule has 3 heterocycles. The quantitative estimate of drug-likeness (QED) is 0.467. The van der Waals surface area contributed by atoms with Gasteiger partial charge in [0.15, 0.2) is 0 Å². The third-order valence-corrected chi connectivity index (χ3v) is 5.68. The highest BCUT2D eigenvalue weighted by molar-refractivity contribution is 7.15. The molecule has 5 rings (SSSR count). The fraction of sp³-hybridized carbons (Fsp3) is 0.150. The summed E-state index contributed by atoms with van der Waals surface area (Å²) in [5, 5.41) is 21.9. The van der Waals surface area contributed by atoms with E-state index in [-0.39, 0.29) is 5.91 Å². The van der Waals surface area contributed by atoms with Crippen LogP contribution in [0.3, 0.4) is 0 Å². The molecule has 0 saturated heterocycles. The van der Waals surface area contributed by atoms with Crippen molar-refractivity contribution in [2.45, 2.75) is 19.4 Å². The summed E-state index contributed by atoms with van der Waals surface area (Å²) in [6.45, 7) is 1.78. The van der Waals surface area contributed by atoms with Gasteiger partial charge in [0.05, 0.1) is 5.52 Å². The van der Waals surface area contributed by atoms with Crippen LogP contribution < -0.4 is 5.32 Å². The summed E-state index contributed by atoms with van der Waals surface area (Å²) in [5.41, 5.74) is 3.81. The zero-order valence-corrected chi connectivity index (χ0v) is 16.3. The fourth-order valence-electron chi connectivity index (χ4n) is 3.31. The predicted octanol–water partition coefficient (Wildman–Crippen LogP) is 3.55. The van der Waals surface area contributed by atoms with Gasteiger partial charge in [0.2, 0.25) is 5.13 Å². The zero-order chi connectivity index (χ0) is 19.8. The molecule has 0 fully saturated rings. The number of hydrogen-bond donors (Lipinski definition) is 2. The summed E-state index contributed by atoms with van der Waals surface area (Å²) in [6.07, 6.45) is 2.64. The van der Waals surface area contributed by atoms with Crippen molar-refractivity contribution >= 4 is 44.3 Å². The smallest absolute Gasteiger partial charge is 0.250 e. The monoisotopic (exact) mass is 403 g/mol. The number of fused-ring (bicyclic) bond motifs is 2. The van der Waals surface area contributed by atoms with Gasteiger partial charge in [0, 0.05) is 23.5 Å². The number of carbonyl (C=O) groups is 1. The van der Waals surface area contributed by atoms with E-state index in [4.69, 9.17) is 0 Å². The molecule has 0 radical (unpaired) electrons. The number of para-hydroxylation sites is 2. The predicted molar refractivity (Wildman–Crippen MR) is 112 cm³/mol. The van der Waals surface area contributed by atoms with Crippen LogP contribution in [0.15, 0.2) is 54.7 Å². The van der Waals surface area contributed by atoms with E-state index in [1.807, 2.05) is 48.7 Å². The summed E-state index contributed by atoms with van der Waals surface area (Å²) in [6, 6.07) is 15.2. The van der Waals surface area contributed by atoms with Gasteiger partial charge in [-0.25, -0.2) is 4.68 Å². The minimum Gasteiger partial charge on any atom is -0.361 e. The number of rotatable bonds is 5. The molecule has 144 valence electrons. The highest BCUT2D eigenvalue weighted by Gasteiger charge is 2.20. The first kappa shape index (κ1) is 17.5. The molecule has 0 aliphatic rings. The van der Waals surface area contributed by atoms with Gasteiger partial charge >= 0.3 is 0 Å². The fourth-order valence-corrected chi connectivity index (χ4v) is 4.08. The lowest BCUT2D eigenvalue weighted by atomic mass is 10.1. The molecular weight excluding hydrogens is 386 g/mol. The largest absolute Gasteiger partial charge is 0.361 e. The van der Waals surface area contributed by atoms with Crippen LogP contribution in [0.4, 0.5) is 5.13 Å². The lowest BCUT2D eigenvalue weighted by molar-refractivity contribution is -0.119. The van der Waals surface area contributed by atoms with Crippen molar-refractivity contribution in [3.05, 3.63) is 65.3 Å². The van der Waals surface area contributed by atoms with Crippen LogP contribution in [-0.2, 0) is 11.2 Å². The second-order valence-electron chi connectivity index (χ2n) is 6.73. The highest BCUT2D eigenvalue weighted by atomic mass is 32.1. The molecule has 0 aliphatic carbocycles. The summed E-state index contributed by atoms with van der Waals surface area (Å²) in [4.78, 5) is 16.0. The molecule has 2 N–H and O–H groups in total. The molecule has 0 saturated carbocycles. The second kappa shape index (κ2) is 7.10. The van der Waals surface area contributed by atoms with Crippen molar-refractivity contribution in [2.24, 2.45) is 0 Å². The molecule has 0 spiro atoms. The molecule has 1 amide bonds. The molecule has 0 bridgehead atoms. The number of hydrogen-bond acceptors (Lipinski definition) is 6. The Kier molecular flexibility index (Phi) is 4.28. The highest BCUT2D eigenvalue weighted by Crippen LogP contribution is 2.24. The normalized spacial score (nSPS) is 12.4. The minimum absolute atomic E-state index is 0.213. The molecule has 2 aromatic carbocycles. The summed E-state index contributed by atoms with van der Waals surface area (Å²) in [5.74, 6) is -0.213. The number of benzene rings is 2. The van der Waals surface area contributed by atoms with E-state index in [0.717, 1.165) is 27.1 Å². The van der Waals surface area contributed by atoms with Crippen molar-refractivity contribution in [1.82, 2.24) is 30.2 Å². The Labute approximate surface area is 169 Å². The molecule has 0 aliphatic heterocycles. The third-order valence-electron chi connectivity index (χ3n) is 4.84. The van der Waals surface area contributed by atoms with E-state index in [2.05, 4.69) is 36.9 Å². The van der Waals surface area contributed by atoms with Gasteiger partial charge in [-0.3, -0.25) is 10.1 Å². The van der Waals surface area contributed by atoms with Gasteiger partial charge in [-0.1, -0.05) is 46.9 Å². The number of nitrogens with zero attached hydrogens (tertiary/aromatic N) is 5. The van der Waals surface area contributed by atoms with Crippen molar-refractivity contribution in [3.8, 4) is 0 Å². The topological polar surface area (TPSA) is 101 Å². The molecule has 1 atom stereocenters. The molecule has 29 heavy (non-hydrogen) atoms. The van der Waals surface area contributed by atoms with E-state index < -0.39 is 6.04 Å². The number of nitrogens with one attached hydrogen (secondary N) is 2. The van der Waals surface area contributed by atoms with E-state index in [9.17, 15) is 4.79 Å². The average molecular weight is 403 g/mol. The molecular formula is C20H17N7OS. The van der Waals surface area contributed by atoms with Gasteiger partial charge in [-0.05, 0) is 30.7 Å². The molecule has 8 nitrogen and oxygen atoms in total. The first-order valence-electron chi connectivity index (χ1n) is 9.17. The number of H-pyrrole nitrogens is 1. The summed E-state index contributed by atoms with van der Waals surface area (Å²) >= 11 is 1.37. The van der Waals surface area contributed by atoms with Crippen LogP contribution in [-0.4, -0.2) is 36.1 Å². The number of aromatic nitrogens is 6. The number of anilines is 1. The van der Waals surface area contributed by atoms with Crippen LogP contribution in [0, 0.1) is 0 Å². The standard InChI is InChI=1S/C20H17N7OS/c1-12(27-17-9-5-4-8-16(17)23-26-27)19(28)22-20-25-24-18(29-20)10-13-11-21-15-7-3-2-6-14(13)15/h2-9,11-12,21H,10H2,1H3,(H,22,25,28). The van der Waals surface area contributed by atoms with Gasteiger partial charge in [-0.15, -0.1) is 15.3 Å². The van der Waals surface area contributed by atoms with E-state index in [0.29, 0.717) is 11.6 Å². The molecule has 9 heteroatoms. The van der Waals surface area contributed by atoms with Gasteiger partial charge < -0.3 is 4.98 Å². The maximum Gasteiger partial charge on any atom is 0.250 e. The molecule has 1 unspecified atom stereocenters. The Balaban J connectivity index is 1.31. The van der Waals surface area contributed by atoms with Crippen LogP contribution >= 0.6 is 11.3 Å². The van der Waals surface area contributed by atoms with E-state index in [1.165, 1.54) is 16.7 Å². The minimum atomic E-state index is -0.525. The Hall–Kier alpha value is -3.59. The third kappa shape index (κ3) is 3.25. The van der Waals surface area contributed by atoms with Gasteiger partial charge in [0.25, 0.3) is 5.91 Å². The number of carbonyl (C=O) groups excluding carboxylic acids is 1. The maximum absolute atomic E-state index is 12.7. The second-order valence-corrected chi connectivity index (χ2v) is 7.79. The van der Waals surface area contributed by atoms with Gasteiger partial charge in [0.1, 0.15) is 16.6 Å². The van der Waals surface area contributed by atoms with Crippen LogP contribution in [0.5, 0.6) is 0 Å². The van der Waals surface area contributed by atoms with E-state index in [1.54, 1.807) is 11.6 Å². The van der Waals surface area contributed by atoms with Crippen LogP contribution in [0.25, 0.3) is 21.9 Å².